The van der Waals surface area contributed by atoms with Crippen LogP contribution in [-0.2, 0) is 0 Å². The molecular formula is C19H31N3O2. The average Bonchev–Trinajstić information content (AvgIpc) is 3.40. The minimum atomic E-state index is 0.0543. The molecule has 0 amide bonds. The van der Waals surface area contributed by atoms with Gasteiger partial charge in [-0.15, -0.1) is 0 Å². The zero-order valence-electron chi connectivity index (χ0n) is 15.1. The molecule has 5 heteroatoms. The van der Waals surface area contributed by atoms with E-state index in [4.69, 9.17) is 4.74 Å². The molecule has 5 nitrogen and oxygen atoms in total. The van der Waals surface area contributed by atoms with Gasteiger partial charge in [-0.2, -0.15) is 0 Å². The molecule has 134 valence electrons. The first-order valence-electron chi connectivity index (χ1n) is 8.89. The third-order valence-corrected chi connectivity index (χ3v) is 4.76. The van der Waals surface area contributed by atoms with E-state index in [1.54, 1.807) is 7.11 Å². The fraction of sp³-hybridized carbons (Fsp3) is 0.632. The number of benzene rings is 1. The molecule has 24 heavy (non-hydrogen) atoms. The molecule has 1 unspecified atom stereocenters. The fourth-order valence-electron chi connectivity index (χ4n) is 2.64. The largest absolute Gasteiger partial charge is 0.497 e. The monoisotopic (exact) mass is 333 g/mol. The van der Waals surface area contributed by atoms with E-state index in [-0.39, 0.29) is 12.0 Å². The Labute approximate surface area is 145 Å². The molecule has 1 fully saturated rings. The van der Waals surface area contributed by atoms with Crippen LogP contribution in [0, 0.1) is 5.41 Å². The molecule has 3 N–H and O–H groups in total. The maximum absolute atomic E-state index is 9.39. The van der Waals surface area contributed by atoms with Crippen molar-refractivity contribution in [3.8, 4) is 5.75 Å². The first kappa shape index (κ1) is 18.6. The lowest BCUT2D eigenvalue weighted by Crippen LogP contribution is -2.38. The Morgan fingerprint density at radius 1 is 1.29 bits per heavy atom. The van der Waals surface area contributed by atoms with Gasteiger partial charge in [-0.3, -0.25) is 4.99 Å². The summed E-state index contributed by atoms with van der Waals surface area (Å²) in [5, 5.41) is 16.1. The summed E-state index contributed by atoms with van der Waals surface area (Å²) in [5.41, 5.74) is 1.37. The molecule has 0 aromatic heterocycles. The third-order valence-electron chi connectivity index (χ3n) is 4.76. The van der Waals surface area contributed by atoms with Crippen molar-refractivity contribution in [3.05, 3.63) is 29.8 Å². The van der Waals surface area contributed by atoms with Gasteiger partial charge in [0.05, 0.1) is 20.3 Å². The molecule has 0 spiro atoms. The quantitative estimate of drug-likeness (QED) is 0.480. The van der Waals surface area contributed by atoms with Gasteiger partial charge in [0.15, 0.2) is 5.96 Å². The summed E-state index contributed by atoms with van der Waals surface area (Å²) in [6, 6.07) is 8.27. The maximum Gasteiger partial charge on any atom is 0.191 e. The molecular weight excluding hydrogens is 302 g/mol. The maximum atomic E-state index is 9.39. The molecule has 0 heterocycles. The van der Waals surface area contributed by atoms with Crippen molar-refractivity contribution in [1.29, 1.82) is 0 Å². The summed E-state index contributed by atoms with van der Waals surface area (Å²) in [7, 11) is 1.69. The van der Waals surface area contributed by atoms with Crippen LogP contribution < -0.4 is 15.4 Å². The Bertz CT molecular complexity index is 524. The lowest BCUT2D eigenvalue weighted by molar-refractivity contribution is 0.217. The second-order valence-corrected chi connectivity index (χ2v) is 6.74. The Morgan fingerprint density at radius 3 is 2.54 bits per heavy atom. The van der Waals surface area contributed by atoms with Gasteiger partial charge in [0, 0.05) is 18.5 Å². The Morgan fingerprint density at radius 2 is 2.00 bits per heavy atom. The van der Waals surface area contributed by atoms with E-state index in [0.717, 1.165) is 44.1 Å². The standard InChI is InChI=1S/C19H31N3O2/c1-4-20-18(22-13-19(14-23)10-11-19)21-12-9-15(2)16-5-7-17(24-3)8-6-16/h5-8,15,23H,4,9-14H2,1-3H3,(H2,20,21,22). The van der Waals surface area contributed by atoms with E-state index in [1.807, 2.05) is 12.1 Å². The first-order chi connectivity index (χ1) is 11.6. The van der Waals surface area contributed by atoms with E-state index < -0.39 is 0 Å². The molecule has 2 rings (SSSR count). The minimum absolute atomic E-state index is 0.0543. The lowest BCUT2D eigenvalue weighted by Gasteiger charge is -2.16. The molecule has 1 atom stereocenters. The van der Waals surface area contributed by atoms with Gasteiger partial charge in [-0.05, 0) is 49.8 Å². The number of ether oxygens (including phenoxy) is 1. The Hall–Kier alpha value is -1.75. The number of hydrogen-bond donors (Lipinski definition) is 3. The van der Waals surface area contributed by atoms with Crippen molar-refractivity contribution >= 4 is 5.96 Å². The van der Waals surface area contributed by atoms with Gasteiger partial charge in [0.1, 0.15) is 5.75 Å². The molecule has 0 radical (unpaired) electrons. The number of aliphatic hydroxyl groups excluding tert-OH is 1. The predicted octanol–water partition coefficient (Wildman–Crippen LogP) is 2.52. The van der Waals surface area contributed by atoms with Gasteiger partial charge in [-0.25, -0.2) is 0 Å². The van der Waals surface area contributed by atoms with Gasteiger partial charge >= 0.3 is 0 Å². The topological polar surface area (TPSA) is 65.9 Å². The normalized spacial score (nSPS) is 17.2. The van der Waals surface area contributed by atoms with Gasteiger partial charge in [0.25, 0.3) is 0 Å². The number of hydrogen-bond acceptors (Lipinski definition) is 3. The van der Waals surface area contributed by atoms with Gasteiger partial charge in [0.2, 0.25) is 0 Å². The van der Waals surface area contributed by atoms with Crippen molar-refractivity contribution in [2.24, 2.45) is 10.4 Å². The number of aliphatic hydroxyl groups is 1. The number of nitrogens with one attached hydrogen (secondary N) is 2. The molecule has 1 aromatic carbocycles. The highest BCUT2D eigenvalue weighted by atomic mass is 16.5. The number of rotatable bonds is 9. The summed E-state index contributed by atoms with van der Waals surface area (Å²) in [4.78, 5) is 4.63. The molecule has 1 aliphatic rings. The van der Waals surface area contributed by atoms with Gasteiger partial charge < -0.3 is 20.5 Å². The van der Waals surface area contributed by atoms with Crippen molar-refractivity contribution in [1.82, 2.24) is 10.6 Å². The molecule has 1 aliphatic carbocycles. The van der Waals surface area contributed by atoms with Crippen LogP contribution in [0.3, 0.4) is 0 Å². The SMILES string of the molecule is CCNC(=NCC1(CO)CC1)NCCC(C)c1ccc(OC)cc1. The number of nitrogens with zero attached hydrogens (tertiary/aromatic N) is 1. The molecule has 0 saturated heterocycles. The average molecular weight is 333 g/mol. The molecule has 1 saturated carbocycles. The number of guanidine groups is 1. The van der Waals surface area contributed by atoms with Crippen molar-refractivity contribution in [2.45, 2.75) is 39.0 Å². The van der Waals surface area contributed by atoms with Crippen LogP contribution in [0.4, 0.5) is 0 Å². The van der Waals surface area contributed by atoms with Crippen LogP contribution in [0.25, 0.3) is 0 Å². The highest BCUT2D eigenvalue weighted by Gasteiger charge is 2.41. The van der Waals surface area contributed by atoms with E-state index in [0.29, 0.717) is 12.5 Å². The van der Waals surface area contributed by atoms with Crippen molar-refractivity contribution < 1.29 is 9.84 Å². The van der Waals surface area contributed by atoms with Crippen LogP contribution in [0.15, 0.2) is 29.3 Å². The predicted molar refractivity (Wildman–Crippen MR) is 98.8 cm³/mol. The second-order valence-electron chi connectivity index (χ2n) is 6.74. The minimum Gasteiger partial charge on any atom is -0.497 e. The summed E-state index contributed by atoms with van der Waals surface area (Å²) in [6.45, 7) is 6.95. The van der Waals surface area contributed by atoms with Gasteiger partial charge in [-0.1, -0.05) is 19.1 Å². The summed E-state index contributed by atoms with van der Waals surface area (Å²) < 4.78 is 5.20. The van der Waals surface area contributed by atoms with E-state index in [9.17, 15) is 5.11 Å². The summed E-state index contributed by atoms with van der Waals surface area (Å²) in [5.74, 6) is 2.21. The van der Waals surface area contributed by atoms with Crippen LogP contribution in [0.2, 0.25) is 0 Å². The van der Waals surface area contributed by atoms with E-state index in [2.05, 4.69) is 41.6 Å². The zero-order valence-corrected chi connectivity index (χ0v) is 15.1. The third kappa shape index (κ3) is 5.41. The Kier molecular flexibility index (Phi) is 6.91. The van der Waals surface area contributed by atoms with Crippen LogP contribution in [0.1, 0.15) is 44.6 Å². The molecule has 1 aromatic rings. The summed E-state index contributed by atoms with van der Waals surface area (Å²) >= 11 is 0. The number of methoxy groups -OCH3 is 1. The number of aliphatic imine (C=N–C) groups is 1. The Balaban J connectivity index is 1.79. The smallest absolute Gasteiger partial charge is 0.191 e. The van der Waals surface area contributed by atoms with Crippen LogP contribution in [0.5, 0.6) is 5.75 Å². The molecule has 0 aliphatic heterocycles. The fourth-order valence-corrected chi connectivity index (χ4v) is 2.64. The zero-order chi connectivity index (χ0) is 17.4. The highest BCUT2D eigenvalue weighted by Crippen LogP contribution is 2.45. The van der Waals surface area contributed by atoms with E-state index >= 15 is 0 Å². The summed E-state index contributed by atoms with van der Waals surface area (Å²) in [6.07, 6.45) is 3.20. The molecule has 0 bridgehead atoms. The van der Waals surface area contributed by atoms with Crippen molar-refractivity contribution in [2.75, 3.05) is 33.4 Å². The lowest BCUT2D eigenvalue weighted by atomic mass is 9.98. The van der Waals surface area contributed by atoms with Crippen LogP contribution in [-0.4, -0.2) is 44.4 Å². The highest BCUT2D eigenvalue weighted by molar-refractivity contribution is 5.79. The second kappa shape index (κ2) is 8.92. The van der Waals surface area contributed by atoms with E-state index in [1.165, 1.54) is 5.56 Å². The van der Waals surface area contributed by atoms with Crippen molar-refractivity contribution in [3.63, 3.8) is 0 Å². The van der Waals surface area contributed by atoms with Crippen LogP contribution >= 0.6 is 0 Å². The first-order valence-corrected chi connectivity index (χ1v) is 8.89.